The second-order valence-electron chi connectivity index (χ2n) is 16.1. The van der Waals surface area contributed by atoms with Gasteiger partial charge in [-0.15, -0.1) is 0 Å². The topological polar surface area (TPSA) is 63.4 Å². The van der Waals surface area contributed by atoms with E-state index in [2.05, 4.69) is 18.7 Å². The van der Waals surface area contributed by atoms with E-state index in [-0.39, 0.29) is 5.91 Å². The summed E-state index contributed by atoms with van der Waals surface area (Å²) in [6, 6.07) is 0. The van der Waals surface area contributed by atoms with Crippen LogP contribution in [0.25, 0.3) is 0 Å². The zero-order valence-corrected chi connectivity index (χ0v) is 34.5. The third-order valence-corrected chi connectivity index (χ3v) is 11.0. The Hall–Kier alpha value is -1.06. The van der Waals surface area contributed by atoms with E-state index in [0.717, 1.165) is 51.6 Å². The molecule has 0 saturated heterocycles. The zero-order chi connectivity index (χ0) is 36.4. The van der Waals surface area contributed by atoms with Gasteiger partial charge in [-0.25, -0.2) is 0 Å². The molecule has 2 N–H and O–H groups in total. The van der Waals surface area contributed by atoms with Crippen molar-refractivity contribution in [2.75, 3.05) is 13.1 Å². The van der Waals surface area contributed by atoms with Gasteiger partial charge in [0.2, 0.25) is 11.8 Å². The molecule has 0 aromatic heterocycles. The number of nitrogens with zero attached hydrogens (tertiary/aromatic N) is 1. The number of carbonyl (C=O) groups excluding carboxylic acids is 2. The fourth-order valence-electron chi connectivity index (χ4n) is 7.50. The molecular weight excluding hydrogens is 613 g/mol. The first kappa shape index (κ1) is 48.9. The molecule has 2 amide bonds. The van der Waals surface area contributed by atoms with E-state index in [9.17, 15) is 9.59 Å². The lowest BCUT2D eigenvalue weighted by molar-refractivity contribution is -0.131. The molecule has 50 heavy (non-hydrogen) atoms. The van der Waals surface area contributed by atoms with E-state index in [1.807, 2.05) is 0 Å². The summed E-state index contributed by atoms with van der Waals surface area (Å²) in [7, 11) is 0. The van der Waals surface area contributed by atoms with Crippen LogP contribution in [0.3, 0.4) is 0 Å². The van der Waals surface area contributed by atoms with Crippen LogP contribution < -0.4 is 5.73 Å². The Morgan fingerprint density at radius 1 is 0.320 bits per heavy atom. The number of nitrogens with two attached hydrogens (primary N) is 1. The van der Waals surface area contributed by atoms with Gasteiger partial charge < -0.3 is 10.6 Å². The minimum absolute atomic E-state index is 0.190. The van der Waals surface area contributed by atoms with E-state index in [1.165, 1.54) is 205 Å². The minimum Gasteiger partial charge on any atom is -0.370 e. The Kier molecular flexibility index (Phi) is 41.5. The maximum atomic E-state index is 13.2. The summed E-state index contributed by atoms with van der Waals surface area (Å²) < 4.78 is 0. The summed E-state index contributed by atoms with van der Waals surface area (Å²) in [6.07, 6.45) is 52.0. The van der Waals surface area contributed by atoms with Crippen molar-refractivity contribution in [3.05, 3.63) is 0 Å². The van der Waals surface area contributed by atoms with Crippen molar-refractivity contribution in [2.24, 2.45) is 5.73 Å². The predicted octanol–water partition coefficient (Wildman–Crippen LogP) is 14.9. The Bertz CT molecular complexity index is 645. The molecule has 4 nitrogen and oxygen atoms in total. The number of primary amides is 1. The average Bonchev–Trinajstić information content (AvgIpc) is 3.11. The van der Waals surface area contributed by atoms with Crippen LogP contribution in [-0.2, 0) is 9.59 Å². The van der Waals surface area contributed by atoms with Crippen LogP contribution in [0.5, 0.6) is 0 Å². The SMILES string of the molecule is CCCCCCCCCCCCCCCCCCN(CCCCCCCCCCCCCCCCCC)C(=O)CCCCCCCCC(N)=O. The van der Waals surface area contributed by atoms with Crippen LogP contribution in [0.2, 0.25) is 0 Å². The highest BCUT2D eigenvalue weighted by molar-refractivity contribution is 5.76. The van der Waals surface area contributed by atoms with Gasteiger partial charge in [-0.3, -0.25) is 9.59 Å². The third kappa shape index (κ3) is 39.7. The van der Waals surface area contributed by atoms with E-state index in [0.29, 0.717) is 18.7 Å². The lowest BCUT2D eigenvalue weighted by atomic mass is 10.0. The van der Waals surface area contributed by atoms with Gasteiger partial charge >= 0.3 is 0 Å². The molecule has 0 aromatic carbocycles. The quantitative estimate of drug-likeness (QED) is 0.0642. The van der Waals surface area contributed by atoms with Crippen molar-refractivity contribution in [1.29, 1.82) is 0 Å². The van der Waals surface area contributed by atoms with Crippen molar-refractivity contribution in [1.82, 2.24) is 4.90 Å². The highest BCUT2D eigenvalue weighted by atomic mass is 16.2. The monoisotopic (exact) mass is 705 g/mol. The van der Waals surface area contributed by atoms with Crippen LogP contribution in [0.1, 0.15) is 271 Å². The summed E-state index contributed by atoms with van der Waals surface area (Å²) in [6.45, 7) is 6.52. The number of unbranched alkanes of at least 4 members (excludes halogenated alkanes) is 35. The molecule has 0 aliphatic carbocycles. The number of rotatable bonds is 43. The van der Waals surface area contributed by atoms with Crippen molar-refractivity contribution < 1.29 is 9.59 Å². The number of hydrogen-bond donors (Lipinski definition) is 1. The molecule has 0 saturated carbocycles. The molecule has 0 atom stereocenters. The van der Waals surface area contributed by atoms with Crippen LogP contribution >= 0.6 is 0 Å². The molecule has 0 unspecified atom stereocenters. The van der Waals surface area contributed by atoms with Crippen molar-refractivity contribution in [3.8, 4) is 0 Å². The summed E-state index contributed by atoms with van der Waals surface area (Å²) in [5, 5.41) is 0. The molecule has 0 aromatic rings. The van der Waals surface area contributed by atoms with Crippen molar-refractivity contribution in [3.63, 3.8) is 0 Å². The van der Waals surface area contributed by atoms with Gasteiger partial charge in [0, 0.05) is 25.9 Å². The van der Waals surface area contributed by atoms with Gasteiger partial charge in [0.05, 0.1) is 0 Å². The van der Waals surface area contributed by atoms with Gasteiger partial charge in [-0.2, -0.15) is 0 Å². The molecular formula is C46H92N2O2. The van der Waals surface area contributed by atoms with Gasteiger partial charge in [-0.1, -0.05) is 232 Å². The largest absolute Gasteiger partial charge is 0.370 e. The molecule has 0 spiro atoms. The van der Waals surface area contributed by atoms with E-state index >= 15 is 0 Å². The first-order valence-electron chi connectivity index (χ1n) is 23.2. The van der Waals surface area contributed by atoms with Crippen molar-refractivity contribution >= 4 is 11.8 Å². The average molecular weight is 705 g/mol. The molecule has 0 heterocycles. The van der Waals surface area contributed by atoms with Gasteiger partial charge in [0.15, 0.2) is 0 Å². The molecule has 0 radical (unpaired) electrons. The maximum absolute atomic E-state index is 13.2. The highest BCUT2D eigenvalue weighted by Crippen LogP contribution is 2.17. The summed E-state index contributed by atoms with van der Waals surface area (Å²) in [4.78, 5) is 26.3. The molecule has 0 fully saturated rings. The lowest BCUT2D eigenvalue weighted by Crippen LogP contribution is -2.32. The van der Waals surface area contributed by atoms with Crippen LogP contribution in [-0.4, -0.2) is 29.8 Å². The zero-order valence-electron chi connectivity index (χ0n) is 34.5. The van der Waals surface area contributed by atoms with Crippen LogP contribution in [0.15, 0.2) is 0 Å². The predicted molar refractivity (Wildman–Crippen MR) is 222 cm³/mol. The molecule has 0 aliphatic heterocycles. The fourth-order valence-corrected chi connectivity index (χ4v) is 7.50. The third-order valence-electron chi connectivity index (χ3n) is 11.0. The second-order valence-corrected chi connectivity index (χ2v) is 16.1. The smallest absolute Gasteiger partial charge is 0.222 e. The van der Waals surface area contributed by atoms with Crippen LogP contribution in [0.4, 0.5) is 0 Å². The summed E-state index contributed by atoms with van der Waals surface area (Å²) >= 11 is 0. The summed E-state index contributed by atoms with van der Waals surface area (Å²) in [5.41, 5.74) is 5.25. The number of carbonyl (C=O) groups is 2. The van der Waals surface area contributed by atoms with E-state index in [1.54, 1.807) is 0 Å². The maximum Gasteiger partial charge on any atom is 0.222 e. The van der Waals surface area contributed by atoms with E-state index in [4.69, 9.17) is 5.73 Å². The second kappa shape index (κ2) is 42.4. The first-order valence-corrected chi connectivity index (χ1v) is 23.2. The molecule has 0 rings (SSSR count). The van der Waals surface area contributed by atoms with Crippen LogP contribution in [0, 0.1) is 0 Å². The number of hydrogen-bond acceptors (Lipinski definition) is 2. The standard InChI is InChI=1S/C46H92N2O2/c1-3-5-7-9-11-13-15-17-19-21-23-25-27-31-35-39-43-48(46(50)42-38-34-30-29-33-37-41-45(47)49)44-40-36-32-28-26-24-22-20-18-16-14-12-10-8-6-4-2/h3-44H2,1-2H3,(H2,47,49). The van der Waals surface area contributed by atoms with Gasteiger partial charge in [-0.05, 0) is 25.7 Å². The van der Waals surface area contributed by atoms with E-state index < -0.39 is 0 Å². The Morgan fingerprint density at radius 3 is 0.800 bits per heavy atom. The normalized spacial score (nSPS) is 11.4. The Labute approximate surface area is 315 Å². The molecule has 4 heteroatoms. The minimum atomic E-state index is -0.190. The lowest BCUT2D eigenvalue weighted by Gasteiger charge is -2.23. The molecule has 0 aliphatic rings. The van der Waals surface area contributed by atoms with Gasteiger partial charge in [0.1, 0.15) is 0 Å². The highest BCUT2D eigenvalue weighted by Gasteiger charge is 2.12. The Morgan fingerprint density at radius 2 is 0.540 bits per heavy atom. The van der Waals surface area contributed by atoms with Crippen molar-refractivity contribution in [2.45, 2.75) is 271 Å². The fraction of sp³-hybridized carbons (Fsp3) is 0.957. The summed E-state index contributed by atoms with van der Waals surface area (Å²) in [5.74, 6) is 0.199. The molecule has 298 valence electrons. The number of amides is 2. The Balaban J connectivity index is 4.02. The molecule has 0 bridgehead atoms. The first-order chi connectivity index (χ1) is 24.6. The van der Waals surface area contributed by atoms with Gasteiger partial charge in [0.25, 0.3) is 0 Å².